The molecule has 0 atom stereocenters. The number of benzene rings is 3. The van der Waals surface area contributed by atoms with E-state index in [0.29, 0.717) is 36.8 Å². The van der Waals surface area contributed by atoms with Crippen molar-refractivity contribution in [1.29, 1.82) is 0 Å². The number of ether oxygens (including phenoxy) is 1. The lowest BCUT2D eigenvalue weighted by atomic mass is 10.1. The number of hydrogen-bond donors (Lipinski definition) is 1. The van der Waals surface area contributed by atoms with Gasteiger partial charge >= 0.3 is 6.09 Å². The maximum atomic E-state index is 13.1. The summed E-state index contributed by atoms with van der Waals surface area (Å²) in [6, 6.07) is 27.3. The predicted octanol–water partition coefficient (Wildman–Crippen LogP) is 6.95. The molecule has 6 rings (SSSR count). The second-order valence-electron chi connectivity index (χ2n) is 10.6. The number of nitrogens with one attached hydrogen (secondary N) is 1. The molecule has 1 aliphatic rings. The van der Waals surface area contributed by atoms with E-state index in [4.69, 9.17) is 9.15 Å². The Morgan fingerprint density at radius 2 is 1.69 bits per heavy atom. The van der Waals surface area contributed by atoms with Crippen molar-refractivity contribution in [3.63, 3.8) is 0 Å². The van der Waals surface area contributed by atoms with E-state index in [9.17, 15) is 9.59 Å². The van der Waals surface area contributed by atoms with E-state index in [-0.39, 0.29) is 12.0 Å². The van der Waals surface area contributed by atoms with E-state index in [1.807, 2.05) is 60.7 Å². The van der Waals surface area contributed by atoms with Crippen molar-refractivity contribution >= 4 is 39.6 Å². The fourth-order valence-corrected chi connectivity index (χ4v) is 5.23. The molecule has 1 N–H and O–H groups in total. The topological polar surface area (TPSA) is 87.9 Å². The van der Waals surface area contributed by atoms with Gasteiger partial charge in [-0.15, -0.1) is 0 Å². The molecule has 0 bridgehead atoms. The third-order valence-corrected chi connectivity index (χ3v) is 7.62. The molecular weight excluding hydrogens is 528 g/mol. The summed E-state index contributed by atoms with van der Waals surface area (Å²) in [5, 5.41) is 5.00. The third-order valence-electron chi connectivity index (χ3n) is 7.62. The van der Waals surface area contributed by atoms with E-state index >= 15 is 0 Å². The van der Waals surface area contributed by atoms with E-state index in [1.165, 1.54) is 0 Å². The molecular formula is C34H34N4O4. The average molecular weight is 563 g/mol. The van der Waals surface area contributed by atoms with Crippen LogP contribution in [0.2, 0.25) is 0 Å². The van der Waals surface area contributed by atoms with Gasteiger partial charge in [-0.25, -0.2) is 9.78 Å². The molecule has 1 fully saturated rings. The zero-order valence-electron chi connectivity index (χ0n) is 23.7. The summed E-state index contributed by atoms with van der Waals surface area (Å²) in [4.78, 5) is 34.0. The number of amides is 2. The first-order chi connectivity index (χ1) is 20.6. The summed E-state index contributed by atoms with van der Waals surface area (Å²) in [6.07, 6.45) is 1.69. The SMILES string of the molecule is CCCCOC(=O)N1CCN(Cc2ccc3cc(-c4ccccc4NC(=O)c4ccc5ccccc5n4)oc3c2)CC1. The van der Waals surface area contributed by atoms with Crippen LogP contribution in [0.4, 0.5) is 10.5 Å². The van der Waals surface area contributed by atoms with Gasteiger partial charge in [0.25, 0.3) is 5.91 Å². The summed E-state index contributed by atoms with van der Waals surface area (Å²) in [6.45, 7) is 6.25. The van der Waals surface area contributed by atoms with Gasteiger partial charge in [0.1, 0.15) is 17.0 Å². The number of carbonyl (C=O) groups is 2. The minimum atomic E-state index is -0.277. The van der Waals surface area contributed by atoms with Crippen molar-refractivity contribution in [3.05, 3.63) is 96.2 Å². The number of aromatic nitrogens is 1. The summed E-state index contributed by atoms with van der Waals surface area (Å²) in [5.74, 6) is 0.403. The van der Waals surface area contributed by atoms with E-state index in [0.717, 1.165) is 65.5 Å². The van der Waals surface area contributed by atoms with Gasteiger partial charge in [0, 0.05) is 49.1 Å². The van der Waals surface area contributed by atoms with Crippen molar-refractivity contribution in [1.82, 2.24) is 14.8 Å². The highest BCUT2D eigenvalue weighted by atomic mass is 16.6. The van der Waals surface area contributed by atoms with Crippen LogP contribution in [0.25, 0.3) is 33.2 Å². The van der Waals surface area contributed by atoms with E-state index in [2.05, 4.69) is 40.3 Å². The summed E-state index contributed by atoms with van der Waals surface area (Å²) >= 11 is 0. The number of unbranched alkanes of at least 4 members (excludes halogenated alkanes) is 1. The van der Waals surface area contributed by atoms with Crippen molar-refractivity contribution in [2.24, 2.45) is 0 Å². The number of carbonyl (C=O) groups excluding carboxylic acids is 2. The molecule has 0 spiro atoms. The highest BCUT2D eigenvalue weighted by Gasteiger charge is 2.22. The quantitative estimate of drug-likeness (QED) is 0.206. The second kappa shape index (κ2) is 12.4. The van der Waals surface area contributed by atoms with Crippen molar-refractivity contribution in [3.8, 4) is 11.3 Å². The van der Waals surface area contributed by atoms with Crippen LogP contribution in [0.3, 0.4) is 0 Å². The summed E-state index contributed by atoms with van der Waals surface area (Å²) in [7, 11) is 0. The molecule has 8 nitrogen and oxygen atoms in total. The molecule has 1 saturated heterocycles. The molecule has 0 unspecified atom stereocenters. The first-order valence-corrected chi connectivity index (χ1v) is 14.5. The van der Waals surface area contributed by atoms with Crippen LogP contribution in [-0.2, 0) is 11.3 Å². The summed E-state index contributed by atoms with van der Waals surface area (Å²) < 4.78 is 11.7. The maximum Gasteiger partial charge on any atom is 0.409 e. The number of para-hydroxylation sites is 2. The first kappa shape index (κ1) is 27.5. The minimum absolute atomic E-state index is 0.211. The molecule has 2 aromatic heterocycles. The Kier molecular flexibility index (Phi) is 8.14. The Bertz CT molecular complexity index is 1720. The molecule has 5 aromatic rings. The van der Waals surface area contributed by atoms with Crippen LogP contribution in [0.15, 0.2) is 89.3 Å². The number of fused-ring (bicyclic) bond motifs is 2. The third kappa shape index (κ3) is 6.14. The van der Waals surface area contributed by atoms with Gasteiger partial charge < -0.3 is 19.4 Å². The van der Waals surface area contributed by atoms with Crippen LogP contribution in [0.1, 0.15) is 35.8 Å². The summed E-state index contributed by atoms with van der Waals surface area (Å²) in [5.41, 5.74) is 4.52. The van der Waals surface area contributed by atoms with Crippen LogP contribution in [0, 0.1) is 0 Å². The maximum absolute atomic E-state index is 13.1. The first-order valence-electron chi connectivity index (χ1n) is 14.5. The van der Waals surface area contributed by atoms with Gasteiger partial charge in [0.05, 0.1) is 17.8 Å². The number of piperazine rings is 1. The fraction of sp³-hybridized carbons (Fsp3) is 0.265. The minimum Gasteiger partial charge on any atom is -0.456 e. The normalized spacial score (nSPS) is 13.9. The number of rotatable bonds is 8. The van der Waals surface area contributed by atoms with Gasteiger partial charge in [-0.1, -0.05) is 61.9 Å². The lowest BCUT2D eigenvalue weighted by Crippen LogP contribution is -2.48. The lowest BCUT2D eigenvalue weighted by molar-refractivity contribution is 0.0737. The van der Waals surface area contributed by atoms with Crippen LogP contribution >= 0.6 is 0 Å². The van der Waals surface area contributed by atoms with Crippen LogP contribution in [0.5, 0.6) is 0 Å². The Labute approximate surface area is 244 Å². The standard InChI is InChI=1S/C34H34N4O4/c1-2-3-20-41-34(40)38-18-16-37(17-19-38)23-24-12-13-26-22-32(42-31(26)21-24)27-9-5-7-11-29(27)36-33(39)30-15-14-25-8-4-6-10-28(25)35-30/h4-15,21-22H,2-3,16-20,23H2,1H3,(H,36,39). The molecule has 214 valence electrons. The highest BCUT2D eigenvalue weighted by molar-refractivity contribution is 6.06. The molecule has 3 heterocycles. The highest BCUT2D eigenvalue weighted by Crippen LogP contribution is 2.33. The number of nitrogens with zero attached hydrogens (tertiary/aromatic N) is 3. The van der Waals surface area contributed by atoms with Gasteiger partial charge in [0.15, 0.2) is 0 Å². The predicted molar refractivity (Wildman–Crippen MR) is 164 cm³/mol. The lowest BCUT2D eigenvalue weighted by Gasteiger charge is -2.34. The van der Waals surface area contributed by atoms with Gasteiger partial charge in [-0.3, -0.25) is 9.69 Å². The van der Waals surface area contributed by atoms with Gasteiger partial charge in [-0.05, 0) is 48.4 Å². The Morgan fingerprint density at radius 1 is 0.905 bits per heavy atom. The Morgan fingerprint density at radius 3 is 2.55 bits per heavy atom. The van der Waals surface area contributed by atoms with E-state index < -0.39 is 0 Å². The smallest absolute Gasteiger partial charge is 0.409 e. The number of hydrogen-bond acceptors (Lipinski definition) is 6. The van der Waals surface area contributed by atoms with Crippen LogP contribution < -0.4 is 5.32 Å². The molecule has 3 aromatic carbocycles. The largest absolute Gasteiger partial charge is 0.456 e. The molecule has 0 radical (unpaired) electrons. The number of anilines is 1. The monoisotopic (exact) mass is 562 g/mol. The van der Waals surface area contributed by atoms with Crippen molar-refractivity contribution in [2.75, 3.05) is 38.1 Å². The molecule has 42 heavy (non-hydrogen) atoms. The van der Waals surface area contributed by atoms with Crippen molar-refractivity contribution < 1.29 is 18.7 Å². The fourth-order valence-electron chi connectivity index (χ4n) is 5.23. The average Bonchev–Trinajstić information content (AvgIpc) is 3.45. The molecule has 0 aliphatic carbocycles. The Hall–Kier alpha value is -4.69. The van der Waals surface area contributed by atoms with Crippen LogP contribution in [-0.4, -0.2) is 59.6 Å². The number of furan rings is 1. The molecule has 0 saturated carbocycles. The molecule has 2 amide bonds. The molecule has 8 heteroatoms. The number of pyridine rings is 1. The Balaban J connectivity index is 1.13. The van der Waals surface area contributed by atoms with Crippen molar-refractivity contribution in [2.45, 2.75) is 26.3 Å². The van der Waals surface area contributed by atoms with Gasteiger partial charge in [0.2, 0.25) is 0 Å². The zero-order chi connectivity index (χ0) is 28.9. The van der Waals surface area contributed by atoms with E-state index in [1.54, 1.807) is 11.0 Å². The second-order valence-corrected chi connectivity index (χ2v) is 10.6. The zero-order valence-corrected chi connectivity index (χ0v) is 23.7. The van der Waals surface area contributed by atoms with Gasteiger partial charge in [-0.2, -0.15) is 0 Å². The molecule has 1 aliphatic heterocycles.